The van der Waals surface area contributed by atoms with Crippen molar-refractivity contribution in [2.24, 2.45) is 22.7 Å². The molecule has 2 bridgehead atoms. The summed E-state index contributed by atoms with van der Waals surface area (Å²) in [6.45, 7) is 35.2. The predicted molar refractivity (Wildman–Crippen MR) is 212 cm³/mol. The lowest BCUT2D eigenvalue weighted by Crippen LogP contribution is -2.56. The van der Waals surface area contributed by atoms with E-state index in [1.165, 1.54) is 75.3 Å². The molecule has 0 amide bonds. The van der Waals surface area contributed by atoms with Gasteiger partial charge in [0.2, 0.25) is 0 Å². The maximum atomic E-state index is 9.64. The summed E-state index contributed by atoms with van der Waals surface area (Å²) in [5.74, 6) is 1.66. The van der Waals surface area contributed by atoms with Crippen LogP contribution < -0.4 is 0 Å². The van der Waals surface area contributed by atoms with Crippen molar-refractivity contribution in [2.45, 2.75) is 220 Å². The van der Waals surface area contributed by atoms with Gasteiger partial charge < -0.3 is 0 Å². The highest BCUT2D eigenvalue weighted by Crippen LogP contribution is 2.50. The van der Waals surface area contributed by atoms with E-state index in [1.807, 2.05) is 0 Å². The van der Waals surface area contributed by atoms with Crippen LogP contribution in [-0.4, -0.2) is 45.5 Å². The SMILES string of the molecule is CC(C)(C)c1ccc(C(C)(C)CCC(C)(C)N(CCC#N)C2CCC(C(C)(C)CCC(C)(C)N3C4CCC3CC(C(C)(C)C)C4)CC2)cc1. The first-order valence-electron chi connectivity index (χ1n) is 20.5. The van der Waals surface area contributed by atoms with Crippen LogP contribution in [-0.2, 0) is 10.8 Å². The van der Waals surface area contributed by atoms with Gasteiger partial charge in [-0.1, -0.05) is 93.5 Å². The van der Waals surface area contributed by atoms with Crippen LogP contribution in [0.15, 0.2) is 24.3 Å². The van der Waals surface area contributed by atoms with E-state index in [2.05, 4.69) is 137 Å². The number of nitriles is 1. The van der Waals surface area contributed by atoms with Gasteiger partial charge in [-0.25, -0.2) is 0 Å². The number of benzene rings is 1. The van der Waals surface area contributed by atoms with Gasteiger partial charge in [0.1, 0.15) is 0 Å². The van der Waals surface area contributed by atoms with Crippen LogP contribution in [0.5, 0.6) is 0 Å². The molecule has 2 atom stereocenters. The van der Waals surface area contributed by atoms with E-state index in [0.717, 1.165) is 43.3 Å². The highest BCUT2D eigenvalue weighted by Gasteiger charge is 2.49. The fraction of sp³-hybridized carbons (Fsp3) is 0.848. The zero-order valence-electron chi connectivity index (χ0n) is 34.9. The number of hydrogen-bond donors (Lipinski definition) is 0. The van der Waals surface area contributed by atoms with E-state index >= 15 is 0 Å². The van der Waals surface area contributed by atoms with Crippen molar-refractivity contribution in [3.8, 4) is 6.07 Å². The van der Waals surface area contributed by atoms with Crippen LogP contribution in [0.2, 0.25) is 0 Å². The minimum Gasteiger partial charge on any atom is -0.294 e. The minimum absolute atomic E-state index is 0.0658. The summed E-state index contributed by atoms with van der Waals surface area (Å²) in [6.07, 6.45) is 16.4. The highest BCUT2D eigenvalue weighted by molar-refractivity contribution is 5.31. The predicted octanol–water partition coefficient (Wildman–Crippen LogP) is 12.5. The Kier molecular flexibility index (Phi) is 12.3. The average Bonchev–Trinajstić information content (AvgIpc) is 3.29. The zero-order valence-corrected chi connectivity index (χ0v) is 34.9. The third-order valence-electron chi connectivity index (χ3n) is 14.4. The van der Waals surface area contributed by atoms with E-state index < -0.39 is 0 Å². The van der Waals surface area contributed by atoms with Gasteiger partial charge in [0.15, 0.2) is 0 Å². The number of fused-ring (bicyclic) bond motifs is 2. The number of rotatable bonds is 13. The summed E-state index contributed by atoms with van der Waals surface area (Å²) in [5.41, 5.74) is 4.29. The van der Waals surface area contributed by atoms with Crippen LogP contribution in [0.25, 0.3) is 0 Å². The number of piperidine rings is 1. The summed E-state index contributed by atoms with van der Waals surface area (Å²) in [4.78, 5) is 5.76. The third kappa shape index (κ3) is 9.74. The highest BCUT2D eigenvalue weighted by atomic mass is 15.3. The van der Waals surface area contributed by atoms with Crippen molar-refractivity contribution in [1.29, 1.82) is 5.26 Å². The van der Waals surface area contributed by atoms with Crippen LogP contribution in [0.1, 0.15) is 192 Å². The minimum atomic E-state index is 0.0658. The number of nitrogens with zero attached hydrogens (tertiary/aromatic N) is 3. The molecule has 0 aromatic heterocycles. The monoisotopic (exact) mass is 674 g/mol. The van der Waals surface area contributed by atoms with Gasteiger partial charge in [0, 0.05) is 42.2 Å². The zero-order chi connectivity index (χ0) is 36.6. The Morgan fingerprint density at radius 1 is 0.653 bits per heavy atom. The Morgan fingerprint density at radius 2 is 1.18 bits per heavy atom. The van der Waals surface area contributed by atoms with Gasteiger partial charge in [0.05, 0.1) is 6.07 Å². The van der Waals surface area contributed by atoms with Crippen molar-refractivity contribution in [3.05, 3.63) is 35.4 Å². The molecule has 0 spiro atoms. The molecule has 3 fully saturated rings. The lowest BCUT2D eigenvalue weighted by Gasteiger charge is -2.52. The Labute approximate surface area is 305 Å². The number of hydrogen-bond acceptors (Lipinski definition) is 3. The van der Waals surface area contributed by atoms with E-state index in [0.29, 0.717) is 23.3 Å². The third-order valence-corrected chi connectivity index (χ3v) is 14.4. The van der Waals surface area contributed by atoms with Crippen LogP contribution in [0.3, 0.4) is 0 Å². The molecule has 3 nitrogen and oxygen atoms in total. The average molecular weight is 674 g/mol. The second-order valence-electron chi connectivity index (χ2n) is 21.8. The summed E-state index contributed by atoms with van der Waals surface area (Å²) in [6, 6.07) is 14.1. The van der Waals surface area contributed by atoms with Gasteiger partial charge in [-0.05, 0) is 149 Å². The second-order valence-corrected chi connectivity index (χ2v) is 21.8. The van der Waals surface area contributed by atoms with Gasteiger partial charge >= 0.3 is 0 Å². The molecule has 3 heteroatoms. The Bertz CT molecular complexity index is 1220. The van der Waals surface area contributed by atoms with Crippen molar-refractivity contribution in [3.63, 3.8) is 0 Å². The summed E-state index contributed by atoms with van der Waals surface area (Å²) in [7, 11) is 0. The summed E-state index contributed by atoms with van der Waals surface area (Å²) < 4.78 is 0. The van der Waals surface area contributed by atoms with E-state index in [1.54, 1.807) is 0 Å². The van der Waals surface area contributed by atoms with Gasteiger partial charge in [-0.15, -0.1) is 0 Å². The largest absolute Gasteiger partial charge is 0.294 e. The normalized spacial score (nSPS) is 26.3. The summed E-state index contributed by atoms with van der Waals surface area (Å²) in [5, 5.41) is 9.64. The van der Waals surface area contributed by atoms with Crippen LogP contribution in [0.4, 0.5) is 0 Å². The Morgan fingerprint density at radius 3 is 1.67 bits per heavy atom. The molecule has 0 N–H and O–H groups in total. The molecular weight excluding hydrogens is 595 g/mol. The molecule has 1 aromatic rings. The Hall–Kier alpha value is -1.37. The van der Waals surface area contributed by atoms with Crippen molar-refractivity contribution in [1.82, 2.24) is 9.80 Å². The fourth-order valence-corrected chi connectivity index (χ4v) is 10.5. The molecule has 49 heavy (non-hydrogen) atoms. The molecule has 0 radical (unpaired) electrons. The van der Waals surface area contributed by atoms with Gasteiger partial charge in [-0.2, -0.15) is 5.26 Å². The molecule has 2 unspecified atom stereocenters. The topological polar surface area (TPSA) is 30.3 Å². The van der Waals surface area contributed by atoms with E-state index in [4.69, 9.17) is 0 Å². The quantitative estimate of drug-likeness (QED) is 0.209. The van der Waals surface area contributed by atoms with Crippen molar-refractivity contribution >= 4 is 0 Å². The fourth-order valence-electron chi connectivity index (χ4n) is 10.5. The van der Waals surface area contributed by atoms with Gasteiger partial charge in [0.25, 0.3) is 0 Å². The maximum absolute atomic E-state index is 9.64. The lowest BCUT2D eigenvalue weighted by molar-refractivity contribution is -0.0256. The second kappa shape index (κ2) is 14.9. The smallest absolute Gasteiger partial charge is 0.0635 e. The van der Waals surface area contributed by atoms with Crippen LogP contribution in [0, 0.1) is 34.0 Å². The summed E-state index contributed by atoms with van der Waals surface area (Å²) >= 11 is 0. The molecule has 3 aliphatic rings. The molecule has 2 heterocycles. The first-order chi connectivity index (χ1) is 22.5. The maximum Gasteiger partial charge on any atom is 0.0635 e. The Balaban J connectivity index is 1.34. The lowest BCUT2D eigenvalue weighted by atomic mass is 9.66. The van der Waals surface area contributed by atoms with Crippen molar-refractivity contribution < 1.29 is 0 Å². The van der Waals surface area contributed by atoms with E-state index in [-0.39, 0.29) is 21.9 Å². The molecule has 2 aliphatic heterocycles. The molecule has 4 rings (SSSR count). The molecule has 1 saturated carbocycles. The first-order valence-corrected chi connectivity index (χ1v) is 20.5. The molecular formula is C46H79N3. The van der Waals surface area contributed by atoms with E-state index in [9.17, 15) is 5.26 Å². The van der Waals surface area contributed by atoms with Gasteiger partial charge in [-0.3, -0.25) is 9.80 Å². The van der Waals surface area contributed by atoms with Crippen LogP contribution >= 0.6 is 0 Å². The molecule has 1 aromatic carbocycles. The van der Waals surface area contributed by atoms with Crippen molar-refractivity contribution in [2.75, 3.05) is 6.54 Å². The standard InChI is InChI=1S/C46H79N3/c1-41(2,3)34-16-18-35(19-17-34)43(7,8)26-28-45(11,12)48(31-15-30-47)38-22-20-36(21-23-38)44(9,10)27-29-46(13,14)49-39-24-25-40(49)33-37(32-39)42(4,5)6/h16-19,36-40H,15,20-29,31-33H2,1-14H3. The molecule has 1 aliphatic carbocycles. The molecule has 278 valence electrons. The molecule has 2 saturated heterocycles. The first kappa shape index (κ1) is 40.4.